The quantitative estimate of drug-likeness (QED) is 0.460. The van der Waals surface area contributed by atoms with E-state index in [9.17, 15) is 4.79 Å². The standard InChI is InChI=1S/C9H9BrOS/c10-8-2-4-9(5-3-8)12-7-1-6-11/h2-6H,1,7H2. The molecular weight excluding hydrogens is 236 g/mol. The van der Waals surface area contributed by atoms with Crippen molar-refractivity contribution in [3.8, 4) is 0 Å². The normalized spacial score (nSPS) is 9.75. The summed E-state index contributed by atoms with van der Waals surface area (Å²) in [6.07, 6.45) is 1.58. The Bertz CT molecular complexity index is 245. The maximum atomic E-state index is 10.0. The molecule has 0 amide bonds. The zero-order valence-electron chi connectivity index (χ0n) is 6.50. The van der Waals surface area contributed by atoms with E-state index in [4.69, 9.17) is 0 Å². The van der Waals surface area contributed by atoms with Gasteiger partial charge in [0, 0.05) is 21.5 Å². The summed E-state index contributed by atoms with van der Waals surface area (Å²) in [6, 6.07) is 8.09. The van der Waals surface area contributed by atoms with Crippen molar-refractivity contribution in [2.24, 2.45) is 0 Å². The van der Waals surface area contributed by atoms with Crippen molar-refractivity contribution >= 4 is 34.0 Å². The average Bonchev–Trinajstić information content (AvgIpc) is 2.09. The monoisotopic (exact) mass is 244 g/mol. The molecule has 64 valence electrons. The first-order valence-electron chi connectivity index (χ1n) is 3.65. The van der Waals surface area contributed by atoms with E-state index in [-0.39, 0.29) is 0 Å². The number of hydrogen-bond donors (Lipinski definition) is 0. The Labute approximate surface area is 84.7 Å². The van der Waals surface area contributed by atoms with Gasteiger partial charge in [0.1, 0.15) is 6.29 Å². The number of aldehydes is 1. The Kier molecular flexibility index (Phi) is 4.40. The van der Waals surface area contributed by atoms with Crippen molar-refractivity contribution in [2.45, 2.75) is 11.3 Å². The van der Waals surface area contributed by atoms with Crippen LogP contribution in [0.5, 0.6) is 0 Å². The molecule has 0 fully saturated rings. The fourth-order valence-corrected chi connectivity index (χ4v) is 1.80. The van der Waals surface area contributed by atoms with Gasteiger partial charge in [0.05, 0.1) is 0 Å². The van der Waals surface area contributed by atoms with Crippen LogP contribution in [0, 0.1) is 0 Å². The molecule has 1 aromatic carbocycles. The van der Waals surface area contributed by atoms with Crippen molar-refractivity contribution in [3.05, 3.63) is 28.7 Å². The van der Waals surface area contributed by atoms with Crippen molar-refractivity contribution in [1.82, 2.24) is 0 Å². The molecule has 0 aliphatic carbocycles. The molecule has 0 aliphatic heterocycles. The van der Waals surface area contributed by atoms with Gasteiger partial charge in [0.25, 0.3) is 0 Å². The first-order chi connectivity index (χ1) is 5.83. The second-order valence-electron chi connectivity index (χ2n) is 2.26. The molecule has 0 aromatic heterocycles. The van der Waals surface area contributed by atoms with E-state index in [2.05, 4.69) is 15.9 Å². The minimum atomic E-state index is 0.626. The van der Waals surface area contributed by atoms with Crippen LogP contribution < -0.4 is 0 Å². The number of rotatable bonds is 4. The fraction of sp³-hybridized carbons (Fsp3) is 0.222. The van der Waals surface area contributed by atoms with Crippen LogP contribution in [0.2, 0.25) is 0 Å². The molecule has 0 spiro atoms. The van der Waals surface area contributed by atoms with Gasteiger partial charge in [0.2, 0.25) is 0 Å². The first kappa shape index (κ1) is 9.81. The Balaban J connectivity index is 2.42. The topological polar surface area (TPSA) is 17.1 Å². The lowest BCUT2D eigenvalue weighted by Crippen LogP contribution is -1.79. The number of carbonyl (C=O) groups is 1. The third kappa shape index (κ3) is 3.41. The molecule has 0 N–H and O–H groups in total. The van der Waals surface area contributed by atoms with Crippen molar-refractivity contribution in [3.63, 3.8) is 0 Å². The molecular formula is C9H9BrOS. The van der Waals surface area contributed by atoms with Crippen molar-refractivity contribution in [1.29, 1.82) is 0 Å². The highest BCUT2D eigenvalue weighted by atomic mass is 79.9. The Hall–Kier alpha value is -0.280. The Morgan fingerprint density at radius 1 is 1.33 bits per heavy atom. The lowest BCUT2D eigenvalue weighted by Gasteiger charge is -1.97. The van der Waals surface area contributed by atoms with Crippen LogP contribution >= 0.6 is 27.7 Å². The summed E-state index contributed by atoms with van der Waals surface area (Å²) in [5.41, 5.74) is 0. The molecule has 1 aromatic rings. The van der Waals surface area contributed by atoms with E-state index in [1.54, 1.807) is 11.8 Å². The molecule has 0 saturated heterocycles. The smallest absolute Gasteiger partial charge is 0.120 e. The zero-order chi connectivity index (χ0) is 8.81. The summed E-state index contributed by atoms with van der Waals surface area (Å²) in [6.45, 7) is 0. The second kappa shape index (κ2) is 5.38. The van der Waals surface area contributed by atoms with Gasteiger partial charge in [-0.1, -0.05) is 15.9 Å². The van der Waals surface area contributed by atoms with E-state index in [0.717, 1.165) is 16.5 Å². The van der Waals surface area contributed by atoms with E-state index in [0.29, 0.717) is 6.42 Å². The van der Waals surface area contributed by atoms with Crippen LogP contribution in [0.3, 0.4) is 0 Å². The van der Waals surface area contributed by atoms with Gasteiger partial charge in [-0.05, 0) is 24.3 Å². The predicted octanol–water partition coefficient (Wildman–Crippen LogP) is 3.13. The molecule has 0 heterocycles. The van der Waals surface area contributed by atoms with E-state index < -0.39 is 0 Å². The maximum absolute atomic E-state index is 10.0. The molecule has 0 saturated carbocycles. The van der Waals surface area contributed by atoms with Crippen molar-refractivity contribution < 1.29 is 4.79 Å². The largest absolute Gasteiger partial charge is 0.303 e. The average molecular weight is 245 g/mol. The number of benzene rings is 1. The number of thioether (sulfide) groups is 1. The first-order valence-corrected chi connectivity index (χ1v) is 5.43. The highest BCUT2D eigenvalue weighted by Gasteiger charge is 1.92. The minimum absolute atomic E-state index is 0.626. The van der Waals surface area contributed by atoms with Crippen LogP contribution in [-0.2, 0) is 4.79 Å². The third-order valence-electron chi connectivity index (χ3n) is 1.32. The maximum Gasteiger partial charge on any atom is 0.120 e. The Morgan fingerprint density at radius 3 is 2.58 bits per heavy atom. The Morgan fingerprint density at radius 2 is 2.00 bits per heavy atom. The summed E-state index contributed by atoms with van der Waals surface area (Å²) >= 11 is 5.06. The SMILES string of the molecule is O=CCCSc1ccc(Br)cc1. The molecule has 0 aliphatic rings. The molecule has 0 radical (unpaired) electrons. The van der Waals surface area contributed by atoms with E-state index in [1.165, 1.54) is 4.90 Å². The fourth-order valence-electron chi connectivity index (χ4n) is 0.756. The zero-order valence-corrected chi connectivity index (χ0v) is 8.90. The highest BCUT2D eigenvalue weighted by molar-refractivity contribution is 9.10. The summed E-state index contributed by atoms with van der Waals surface area (Å²) in [5, 5.41) is 0. The van der Waals surface area contributed by atoms with E-state index >= 15 is 0 Å². The van der Waals surface area contributed by atoms with Gasteiger partial charge in [-0.25, -0.2) is 0 Å². The van der Waals surface area contributed by atoms with E-state index in [1.807, 2.05) is 24.3 Å². The van der Waals surface area contributed by atoms with Crippen LogP contribution in [-0.4, -0.2) is 12.0 Å². The van der Waals surface area contributed by atoms with Gasteiger partial charge in [0.15, 0.2) is 0 Å². The van der Waals surface area contributed by atoms with Crippen LogP contribution in [0.25, 0.3) is 0 Å². The van der Waals surface area contributed by atoms with Gasteiger partial charge < -0.3 is 4.79 Å². The molecule has 1 rings (SSSR count). The molecule has 3 heteroatoms. The van der Waals surface area contributed by atoms with Gasteiger partial charge >= 0.3 is 0 Å². The molecule has 12 heavy (non-hydrogen) atoms. The van der Waals surface area contributed by atoms with Gasteiger partial charge in [-0.2, -0.15) is 0 Å². The van der Waals surface area contributed by atoms with Crippen LogP contribution in [0.4, 0.5) is 0 Å². The highest BCUT2D eigenvalue weighted by Crippen LogP contribution is 2.20. The predicted molar refractivity (Wildman–Crippen MR) is 55.5 cm³/mol. The van der Waals surface area contributed by atoms with Crippen LogP contribution in [0.15, 0.2) is 33.6 Å². The molecule has 0 atom stereocenters. The molecule has 0 bridgehead atoms. The summed E-state index contributed by atoms with van der Waals surface area (Å²) in [4.78, 5) is 11.2. The number of carbonyl (C=O) groups excluding carboxylic acids is 1. The third-order valence-corrected chi connectivity index (χ3v) is 2.89. The summed E-state index contributed by atoms with van der Waals surface area (Å²) in [7, 11) is 0. The summed E-state index contributed by atoms with van der Waals surface area (Å²) < 4.78 is 1.09. The lowest BCUT2D eigenvalue weighted by molar-refractivity contribution is -0.107. The number of halogens is 1. The van der Waals surface area contributed by atoms with Gasteiger partial charge in [-0.15, -0.1) is 11.8 Å². The van der Waals surface area contributed by atoms with Gasteiger partial charge in [-0.3, -0.25) is 0 Å². The minimum Gasteiger partial charge on any atom is -0.303 e. The summed E-state index contributed by atoms with van der Waals surface area (Å²) in [5.74, 6) is 0.866. The second-order valence-corrected chi connectivity index (χ2v) is 4.34. The van der Waals surface area contributed by atoms with Crippen LogP contribution in [0.1, 0.15) is 6.42 Å². The molecule has 0 unspecified atom stereocenters. The lowest BCUT2D eigenvalue weighted by atomic mass is 10.4. The number of hydrogen-bond acceptors (Lipinski definition) is 2. The van der Waals surface area contributed by atoms with Crippen molar-refractivity contribution in [2.75, 3.05) is 5.75 Å². The molecule has 1 nitrogen and oxygen atoms in total.